The van der Waals surface area contributed by atoms with Crippen molar-refractivity contribution in [1.82, 2.24) is 14.9 Å². The fraction of sp³-hybridized carbons (Fsp3) is 0.462. The van der Waals surface area contributed by atoms with Crippen molar-refractivity contribution in [3.63, 3.8) is 0 Å². The van der Waals surface area contributed by atoms with Crippen LogP contribution in [0.3, 0.4) is 0 Å². The van der Waals surface area contributed by atoms with Crippen LogP contribution in [0.4, 0.5) is 0 Å². The van der Waals surface area contributed by atoms with E-state index in [0.29, 0.717) is 17.6 Å². The summed E-state index contributed by atoms with van der Waals surface area (Å²) in [4.78, 5) is 13.5. The first-order chi connectivity index (χ1) is 9.86. The SMILES string of the molecule is CNCCN(C)C(=O)CCNS(=O)(=O)c1cccc(Br)c1.Cl. The normalized spacial score (nSPS) is 10.9. The number of rotatable bonds is 8. The molecule has 2 N–H and O–H groups in total. The van der Waals surface area contributed by atoms with E-state index in [2.05, 4.69) is 26.0 Å². The van der Waals surface area contributed by atoms with E-state index in [-0.39, 0.29) is 36.2 Å². The molecule has 1 aromatic carbocycles. The Morgan fingerprint density at radius 3 is 2.59 bits per heavy atom. The monoisotopic (exact) mass is 413 g/mol. The van der Waals surface area contributed by atoms with Crippen molar-refractivity contribution < 1.29 is 13.2 Å². The van der Waals surface area contributed by atoms with Gasteiger partial charge in [0.05, 0.1) is 4.90 Å². The van der Waals surface area contributed by atoms with Gasteiger partial charge >= 0.3 is 0 Å². The highest BCUT2D eigenvalue weighted by molar-refractivity contribution is 9.10. The number of nitrogens with zero attached hydrogens (tertiary/aromatic N) is 1. The summed E-state index contributed by atoms with van der Waals surface area (Å²) in [6, 6.07) is 6.42. The van der Waals surface area contributed by atoms with Crippen molar-refractivity contribution in [2.45, 2.75) is 11.3 Å². The van der Waals surface area contributed by atoms with Crippen LogP contribution >= 0.6 is 28.3 Å². The van der Waals surface area contributed by atoms with E-state index in [0.717, 1.165) is 0 Å². The van der Waals surface area contributed by atoms with Crippen LogP contribution in [0.5, 0.6) is 0 Å². The average Bonchev–Trinajstić information content (AvgIpc) is 2.44. The predicted molar refractivity (Wildman–Crippen MR) is 92.8 cm³/mol. The van der Waals surface area contributed by atoms with Crippen LogP contribution in [0.1, 0.15) is 6.42 Å². The fourth-order valence-electron chi connectivity index (χ4n) is 1.60. The van der Waals surface area contributed by atoms with E-state index >= 15 is 0 Å². The van der Waals surface area contributed by atoms with E-state index in [4.69, 9.17) is 0 Å². The molecule has 1 aromatic rings. The third-order valence-electron chi connectivity index (χ3n) is 2.86. The summed E-state index contributed by atoms with van der Waals surface area (Å²) in [7, 11) is -0.0773. The number of carbonyl (C=O) groups is 1. The van der Waals surface area contributed by atoms with Crippen molar-refractivity contribution in [3.05, 3.63) is 28.7 Å². The van der Waals surface area contributed by atoms with Gasteiger partial charge in [-0.15, -0.1) is 12.4 Å². The number of amides is 1. The van der Waals surface area contributed by atoms with Crippen molar-refractivity contribution in [2.24, 2.45) is 0 Å². The van der Waals surface area contributed by atoms with Gasteiger partial charge in [-0.25, -0.2) is 13.1 Å². The van der Waals surface area contributed by atoms with Gasteiger partial charge in [0.2, 0.25) is 15.9 Å². The summed E-state index contributed by atoms with van der Waals surface area (Å²) in [5, 5.41) is 2.95. The third kappa shape index (κ3) is 7.06. The van der Waals surface area contributed by atoms with Crippen molar-refractivity contribution in [2.75, 3.05) is 33.7 Å². The quantitative estimate of drug-likeness (QED) is 0.670. The lowest BCUT2D eigenvalue weighted by molar-refractivity contribution is -0.129. The lowest BCUT2D eigenvalue weighted by Crippen LogP contribution is -2.35. The van der Waals surface area contributed by atoms with Crippen LogP contribution < -0.4 is 10.0 Å². The van der Waals surface area contributed by atoms with Gasteiger partial charge in [-0.1, -0.05) is 22.0 Å². The Balaban J connectivity index is 0.00000441. The van der Waals surface area contributed by atoms with Crippen LogP contribution in [0.25, 0.3) is 0 Å². The lowest BCUT2D eigenvalue weighted by atomic mass is 10.3. The first-order valence-electron chi connectivity index (χ1n) is 6.50. The van der Waals surface area contributed by atoms with Gasteiger partial charge < -0.3 is 10.2 Å². The molecule has 1 rings (SSSR count). The van der Waals surface area contributed by atoms with Crippen molar-refractivity contribution in [1.29, 1.82) is 0 Å². The molecular weight excluding hydrogens is 394 g/mol. The zero-order valence-corrected chi connectivity index (χ0v) is 15.7. The van der Waals surface area contributed by atoms with E-state index in [9.17, 15) is 13.2 Å². The highest BCUT2D eigenvalue weighted by atomic mass is 79.9. The summed E-state index contributed by atoms with van der Waals surface area (Å²) in [6.07, 6.45) is 0.132. The molecule has 0 saturated heterocycles. The maximum atomic E-state index is 12.0. The standard InChI is InChI=1S/C13H20BrN3O3S.ClH/c1-15-8-9-17(2)13(18)6-7-16-21(19,20)12-5-3-4-11(14)10-12;/h3-5,10,15-16H,6-9H2,1-2H3;1H. The number of likely N-dealkylation sites (N-methyl/N-ethyl adjacent to an activating group) is 2. The maximum Gasteiger partial charge on any atom is 0.240 e. The molecule has 6 nitrogen and oxygen atoms in total. The molecular formula is C13H21BrClN3O3S. The second kappa shape index (κ2) is 10.2. The summed E-state index contributed by atoms with van der Waals surface area (Å²) >= 11 is 3.23. The van der Waals surface area contributed by atoms with Gasteiger partial charge in [0, 0.05) is 37.6 Å². The number of hydrogen-bond acceptors (Lipinski definition) is 4. The summed E-state index contributed by atoms with van der Waals surface area (Å²) in [6.45, 7) is 1.37. The van der Waals surface area contributed by atoms with Gasteiger partial charge in [0.25, 0.3) is 0 Å². The molecule has 0 fully saturated rings. The molecule has 0 aliphatic heterocycles. The Labute approximate surface area is 146 Å². The number of benzene rings is 1. The van der Waals surface area contributed by atoms with Gasteiger partial charge in [-0.05, 0) is 25.2 Å². The smallest absolute Gasteiger partial charge is 0.240 e. The third-order valence-corrected chi connectivity index (χ3v) is 4.81. The first-order valence-corrected chi connectivity index (χ1v) is 8.78. The summed E-state index contributed by atoms with van der Waals surface area (Å²) < 4.78 is 27.2. The van der Waals surface area contributed by atoms with E-state index in [1.54, 1.807) is 24.1 Å². The van der Waals surface area contributed by atoms with Crippen molar-refractivity contribution in [3.8, 4) is 0 Å². The number of halogens is 2. The van der Waals surface area contributed by atoms with Crippen molar-refractivity contribution >= 4 is 44.3 Å². The molecule has 0 aromatic heterocycles. The van der Waals surface area contributed by atoms with Crippen LogP contribution in [0, 0.1) is 0 Å². The molecule has 0 spiro atoms. The number of nitrogens with one attached hydrogen (secondary N) is 2. The Kier molecular flexibility index (Phi) is 9.86. The highest BCUT2D eigenvalue weighted by Gasteiger charge is 2.15. The molecule has 0 heterocycles. The Hall–Kier alpha value is -0.670. The second-order valence-corrected chi connectivity index (χ2v) is 7.21. The molecule has 0 radical (unpaired) electrons. The Bertz CT molecular complexity index is 584. The second-order valence-electron chi connectivity index (χ2n) is 4.52. The Morgan fingerprint density at radius 2 is 2.00 bits per heavy atom. The fourth-order valence-corrected chi connectivity index (χ4v) is 3.23. The van der Waals surface area contributed by atoms with E-state index in [1.165, 1.54) is 12.1 Å². The maximum absolute atomic E-state index is 12.0. The molecule has 0 atom stereocenters. The summed E-state index contributed by atoms with van der Waals surface area (Å²) in [5.74, 6) is -0.0952. The van der Waals surface area contributed by atoms with E-state index < -0.39 is 10.0 Å². The number of hydrogen-bond donors (Lipinski definition) is 2. The molecule has 0 unspecified atom stereocenters. The largest absolute Gasteiger partial charge is 0.344 e. The minimum absolute atomic E-state index is 0. The summed E-state index contributed by atoms with van der Waals surface area (Å²) in [5.41, 5.74) is 0. The molecule has 126 valence electrons. The molecule has 0 aliphatic carbocycles. The van der Waals surface area contributed by atoms with E-state index in [1.807, 2.05) is 7.05 Å². The minimum atomic E-state index is -3.58. The first kappa shape index (κ1) is 21.3. The lowest BCUT2D eigenvalue weighted by Gasteiger charge is -2.17. The van der Waals surface area contributed by atoms with Crippen LogP contribution in [-0.4, -0.2) is 53.0 Å². The molecule has 0 bridgehead atoms. The number of sulfonamides is 1. The topological polar surface area (TPSA) is 78.5 Å². The predicted octanol–water partition coefficient (Wildman–Crippen LogP) is 1.22. The zero-order chi connectivity index (χ0) is 15.9. The van der Waals surface area contributed by atoms with Gasteiger partial charge in [-0.3, -0.25) is 4.79 Å². The van der Waals surface area contributed by atoms with Crippen LogP contribution in [-0.2, 0) is 14.8 Å². The molecule has 22 heavy (non-hydrogen) atoms. The highest BCUT2D eigenvalue weighted by Crippen LogP contribution is 2.15. The van der Waals surface area contributed by atoms with Gasteiger partial charge in [0.15, 0.2) is 0 Å². The molecule has 0 aliphatic rings. The molecule has 9 heteroatoms. The molecule has 1 amide bonds. The number of carbonyl (C=O) groups excluding carboxylic acids is 1. The van der Waals surface area contributed by atoms with Gasteiger partial charge in [0.1, 0.15) is 0 Å². The zero-order valence-electron chi connectivity index (χ0n) is 12.5. The van der Waals surface area contributed by atoms with Crippen LogP contribution in [0.2, 0.25) is 0 Å². The minimum Gasteiger partial charge on any atom is -0.344 e. The van der Waals surface area contributed by atoms with Crippen LogP contribution in [0.15, 0.2) is 33.6 Å². The molecule has 0 saturated carbocycles. The van der Waals surface area contributed by atoms with Gasteiger partial charge in [-0.2, -0.15) is 0 Å². The average molecular weight is 415 g/mol. The Morgan fingerprint density at radius 1 is 1.32 bits per heavy atom.